The van der Waals surface area contributed by atoms with Crippen molar-refractivity contribution in [1.82, 2.24) is 3.97 Å². The van der Waals surface area contributed by atoms with Gasteiger partial charge in [-0.05, 0) is 62.4 Å². The molecule has 0 aliphatic heterocycles. The minimum atomic E-state index is -3.94. The molecule has 0 radical (unpaired) electrons. The number of rotatable bonds is 4. The predicted molar refractivity (Wildman–Crippen MR) is 104 cm³/mol. The fourth-order valence-corrected chi connectivity index (χ4v) is 5.37. The minimum absolute atomic E-state index is 0.138. The number of carbonyl (C=O) groups is 1. The van der Waals surface area contributed by atoms with Gasteiger partial charge in [0.15, 0.2) is 0 Å². The second-order valence-electron chi connectivity index (χ2n) is 6.79. The van der Waals surface area contributed by atoms with Gasteiger partial charge in [0.1, 0.15) is 5.69 Å². The Morgan fingerprint density at radius 1 is 1.11 bits per heavy atom. The molecule has 1 aliphatic carbocycles. The Bertz CT molecular complexity index is 1140. The van der Waals surface area contributed by atoms with E-state index in [4.69, 9.17) is 4.74 Å². The molecule has 0 fully saturated rings. The molecular formula is C21H21NO4S. The third kappa shape index (κ3) is 2.75. The first kappa shape index (κ1) is 17.8. The summed E-state index contributed by atoms with van der Waals surface area (Å²) in [5, 5.41) is 0.877. The maximum Gasteiger partial charge on any atom is 0.356 e. The average molecular weight is 383 g/mol. The topological polar surface area (TPSA) is 65.4 Å². The van der Waals surface area contributed by atoms with E-state index in [0.717, 1.165) is 34.9 Å². The molecule has 0 spiro atoms. The monoisotopic (exact) mass is 383 g/mol. The maximum atomic E-state index is 13.5. The van der Waals surface area contributed by atoms with Crippen LogP contribution in [0.2, 0.25) is 0 Å². The van der Waals surface area contributed by atoms with Crippen LogP contribution in [0.25, 0.3) is 10.9 Å². The smallest absolute Gasteiger partial charge is 0.356 e. The van der Waals surface area contributed by atoms with Gasteiger partial charge in [-0.25, -0.2) is 17.2 Å². The van der Waals surface area contributed by atoms with Gasteiger partial charge in [0.05, 0.1) is 17.0 Å². The van der Waals surface area contributed by atoms with Gasteiger partial charge in [0.25, 0.3) is 10.0 Å². The van der Waals surface area contributed by atoms with E-state index in [2.05, 4.69) is 0 Å². The summed E-state index contributed by atoms with van der Waals surface area (Å²) in [7, 11) is -3.94. The van der Waals surface area contributed by atoms with Crippen molar-refractivity contribution in [2.75, 3.05) is 6.61 Å². The Balaban J connectivity index is 2.08. The van der Waals surface area contributed by atoms with Crippen LogP contribution >= 0.6 is 0 Å². The number of carbonyl (C=O) groups excluding carboxylic acids is 1. The van der Waals surface area contributed by atoms with E-state index in [-0.39, 0.29) is 17.2 Å². The van der Waals surface area contributed by atoms with E-state index in [1.165, 1.54) is 3.97 Å². The van der Waals surface area contributed by atoms with E-state index in [9.17, 15) is 13.2 Å². The van der Waals surface area contributed by atoms with Crippen LogP contribution in [0.3, 0.4) is 0 Å². The number of benzene rings is 2. The van der Waals surface area contributed by atoms with Crippen LogP contribution in [0, 0.1) is 6.92 Å². The lowest BCUT2D eigenvalue weighted by Gasteiger charge is -2.13. The molecule has 4 rings (SSSR count). The van der Waals surface area contributed by atoms with Crippen LogP contribution in [0.15, 0.2) is 47.4 Å². The molecule has 0 N–H and O–H groups in total. The number of hydrogen-bond donors (Lipinski definition) is 0. The summed E-state index contributed by atoms with van der Waals surface area (Å²) in [5.41, 5.74) is 3.52. The molecule has 140 valence electrons. The van der Waals surface area contributed by atoms with Gasteiger partial charge in [-0.2, -0.15) is 0 Å². The van der Waals surface area contributed by atoms with Crippen LogP contribution in [-0.2, 0) is 27.6 Å². The summed E-state index contributed by atoms with van der Waals surface area (Å²) in [5.74, 6) is -0.591. The molecule has 1 heterocycles. The fourth-order valence-electron chi connectivity index (χ4n) is 3.84. The molecule has 0 unspecified atom stereocenters. The molecule has 0 atom stereocenters. The van der Waals surface area contributed by atoms with E-state index in [0.29, 0.717) is 11.9 Å². The summed E-state index contributed by atoms with van der Waals surface area (Å²) < 4.78 is 33.4. The first-order valence-corrected chi connectivity index (χ1v) is 10.5. The zero-order valence-corrected chi connectivity index (χ0v) is 16.2. The highest BCUT2D eigenvalue weighted by atomic mass is 32.2. The van der Waals surface area contributed by atoms with Crippen molar-refractivity contribution in [3.63, 3.8) is 0 Å². The lowest BCUT2D eigenvalue weighted by Crippen LogP contribution is -2.21. The number of nitrogens with zero attached hydrogens (tertiary/aromatic N) is 1. The maximum absolute atomic E-state index is 13.5. The van der Waals surface area contributed by atoms with Crippen molar-refractivity contribution in [2.24, 2.45) is 0 Å². The van der Waals surface area contributed by atoms with Crippen LogP contribution in [0.4, 0.5) is 0 Å². The van der Waals surface area contributed by atoms with Gasteiger partial charge in [-0.1, -0.05) is 29.8 Å². The van der Waals surface area contributed by atoms with Crippen LogP contribution < -0.4 is 0 Å². The quantitative estimate of drug-likeness (QED) is 0.642. The average Bonchev–Trinajstić information content (AvgIpc) is 3.00. The lowest BCUT2D eigenvalue weighted by atomic mass is 9.92. The van der Waals surface area contributed by atoms with Gasteiger partial charge in [0.2, 0.25) is 0 Å². The molecule has 1 aliphatic rings. The van der Waals surface area contributed by atoms with E-state index < -0.39 is 16.0 Å². The molecule has 0 saturated carbocycles. The summed E-state index contributed by atoms with van der Waals surface area (Å²) in [6.45, 7) is 3.81. The minimum Gasteiger partial charge on any atom is -0.461 e. The van der Waals surface area contributed by atoms with Crippen molar-refractivity contribution >= 4 is 26.9 Å². The SMILES string of the molecule is CCOC(=O)c1c2c3c(cccc3n1S(=O)(=O)c1ccc(C)cc1)CCC2. The number of aryl methyl sites for hydroxylation is 3. The molecule has 3 aromatic rings. The highest BCUT2D eigenvalue weighted by molar-refractivity contribution is 7.90. The van der Waals surface area contributed by atoms with Gasteiger partial charge in [-0.3, -0.25) is 0 Å². The summed E-state index contributed by atoms with van der Waals surface area (Å²) in [4.78, 5) is 12.9. The fraction of sp³-hybridized carbons (Fsp3) is 0.286. The van der Waals surface area contributed by atoms with Gasteiger partial charge >= 0.3 is 5.97 Å². The molecule has 0 bridgehead atoms. The molecular weight excluding hydrogens is 362 g/mol. The van der Waals surface area contributed by atoms with Crippen molar-refractivity contribution in [1.29, 1.82) is 0 Å². The number of ether oxygens (including phenoxy) is 1. The Morgan fingerprint density at radius 2 is 1.85 bits per heavy atom. The molecule has 1 aromatic heterocycles. The molecule has 2 aromatic carbocycles. The van der Waals surface area contributed by atoms with Crippen molar-refractivity contribution in [2.45, 2.75) is 38.0 Å². The van der Waals surface area contributed by atoms with Crippen LogP contribution in [0.5, 0.6) is 0 Å². The largest absolute Gasteiger partial charge is 0.461 e. The number of esters is 1. The van der Waals surface area contributed by atoms with E-state index in [1.807, 2.05) is 19.1 Å². The van der Waals surface area contributed by atoms with E-state index >= 15 is 0 Å². The number of hydrogen-bond acceptors (Lipinski definition) is 4. The molecule has 27 heavy (non-hydrogen) atoms. The highest BCUT2D eigenvalue weighted by Crippen LogP contribution is 2.37. The zero-order chi connectivity index (χ0) is 19.2. The van der Waals surface area contributed by atoms with Crippen molar-refractivity contribution in [3.8, 4) is 0 Å². The van der Waals surface area contributed by atoms with Gasteiger partial charge < -0.3 is 4.74 Å². The Labute approximate surface area is 158 Å². The van der Waals surface area contributed by atoms with Crippen LogP contribution in [-0.4, -0.2) is 25.0 Å². The molecule has 6 heteroatoms. The molecule has 5 nitrogen and oxygen atoms in total. The zero-order valence-electron chi connectivity index (χ0n) is 15.4. The third-order valence-corrected chi connectivity index (χ3v) is 6.77. The first-order valence-electron chi connectivity index (χ1n) is 9.09. The Kier molecular flexibility index (Phi) is 4.30. The van der Waals surface area contributed by atoms with Gasteiger partial charge in [-0.15, -0.1) is 0 Å². The Morgan fingerprint density at radius 3 is 2.56 bits per heavy atom. The third-order valence-electron chi connectivity index (χ3n) is 5.04. The summed E-state index contributed by atoms with van der Waals surface area (Å²) in [6.07, 6.45) is 2.42. The Hall–Kier alpha value is -2.60. The second-order valence-corrected chi connectivity index (χ2v) is 8.58. The van der Waals surface area contributed by atoms with E-state index in [1.54, 1.807) is 37.3 Å². The van der Waals surface area contributed by atoms with Crippen molar-refractivity contribution < 1.29 is 17.9 Å². The van der Waals surface area contributed by atoms with Crippen molar-refractivity contribution in [3.05, 3.63) is 64.8 Å². The number of aromatic nitrogens is 1. The lowest BCUT2D eigenvalue weighted by molar-refractivity contribution is 0.0517. The summed E-state index contributed by atoms with van der Waals surface area (Å²) in [6, 6.07) is 12.3. The first-order chi connectivity index (χ1) is 12.9. The van der Waals surface area contributed by atoms with Crippen LogP contribution in [0.1, 0.15) is 40.5 Å². The second kappa shape index (κ2) is 6.53. The standard InChI is InChI=1S/C21H21NO4S/c1-3-26-21(23)20-17-8-4-6-15-7-5-9-18(19(15)17)22(20)27(24,25)16-12-10-14(2)11-13-16/h5,7,9-13H,3-4,6,8H2,1-2H3. The van der Waals surface area contributed by atoms with Gasteiger partial charge in [0, 0.05) is 5.39 Å². The predicted octanol–water partition coefficient (Wildman–Crippen LogP) is 3.85. The summed E-state index contributed by atoms with van der Waals surface area (Å²) >= 11 is 0. The molecule has 0 amide bonds. The highest BCUT2D eigenvalue weighted by Gasteiger charge is 2.33. The molecule has 0 saturated heterocycles. The normalized spacial score (nSPS) is 13.7.